The fraction of sp³-hybridized carbons (Fsp3) is 0.316. The molecule has 0 bridgehead atoms. The number of benzene rings is 1. The Hall–Kier alpha value is -2.77. The minimum atomic E-state index is -0.322. The summed E-state index contributed by atoms with van der Waals surface area (Å²) in [7, 11) is 2.08. The number of ketones is 1. The van der Waals surface area contributed by atoms with Crippen LogP contribution in [0.5, 0.6) is 0 Å². The van der Waals surface area contributed by atoms with Crippen LogP contribution in [0.2, 0.25) is 0 Å². The number of pyridine rings is 1. The van der Waals surface area contributed by atoms with Gasteiger partial charge in [0, 0.05) is 49.7 Å². The number of aromatic nitrogens is 1. The molecule has 2 aromatic rings. The van der Waals surface area contributed by atoms with Gasteiger partial charge in [-0.1, -0.05) is 0 Å². The second kappa shape index (κ2) is 8.07. The maximum absolute atomic E-state index is 12.4. The van der Waals surface area contributed by atoms with Gasteiger partial charge in [-0.05, 0) is 37.4 Å². The van der Waals surface area contributed by atoms with Gasteiger partial charge in [0.15, 0.2) is 5.78 Å². The highest BCUT2D eigenvalue weighted by molar-refractivity contribution is 6.04. The van der Waals surface area contributed by atoms with Gasteiger partial charge in [0.25, 0.3) is 5.91 Å². The average molecular weight is 354 g/mol. The number of hydrogen-bond acceptors (Lipinski definition) is 5. The second-order valence-corrected chi connectivity index (χ2v) is 6.48. The van der Waals surface area contributed by atoms with Crippen LogP contribution >= 0.6 is 0 Å². The summed E-state index contributed by atoms with van der Waals surface area (Å²) in [5.41, 5.74) is 1.33. The van der Waals surface area contributed by atoms with Gasteiger partial charge >= 0.3 is 0 Å². The van der Waals surface area contributed by atoms with Crippen LogP contribution in [0, 0.1) is 0 Å². The van der Waals surface area contributed by atoms with Gasteiger partial charge < -0.3 is 15.2 Å². The SMILES string of the molecule is CN1CCN(CC(=O)c2ccc(NC(=O)c3ccc(=O)[nH]c3)cc2)CC1. The van der Waals surface area contributed by atoms with Crippen LogP contribution in [0.1, 0.15) is 20.7 Å². The molecule has 1 aromatic carbocycles. The van der Waals surface area contributed by atoms with Crippen molar-refractivity contribution in [3.05, 3.63) is 64.1 Å². The van der Waals surface area contributed by atoms with E-state index in [9.17, 15) is 14.4 Å². The van der Waals surface area contributed by atoms with Crippen molar-refractivity contribution in [3.63, 3.8) is 0 Å². The number of aromatic amines is 1. The smallest absolute Gasteiger partial charge is 0.257 e. The molecule has 0 spiro atoms. The molecule has 3 rings (SSSR count). The van der Waals surface area contributed by atoms with Crippen LogP contribution in [0.4, 0.5) is 5.69 Å². The zero-order valence-corrected chi connectivity index (χ0v) is 14.7. The van der Waals surface area contributed by atoms with E-state index >= 15 is 0 Å². The zero-order valence-electron chi connectivity index (χ0n) is 14.7. The van der Waals surface area contributed by atoms with Gasteiger partial charge in [0.1, 0.15) is 0 Å². The van der Waals surface area contributed by atoms with Crippen LogP contribution in [0.15, 0.2) is 47.4 Å². The fourth-order valence-corrected chi connectivity index (χ4v) is 2.79. The molecule has 1 saturated heterocycles. The molecule has 1 aromatic heterocycles. The second-order valence-electron chi connectivity index (χ2n) is 6.48. The number of rotatable bonds is 5. The Morgan fingerprint density at radius 3 is 2.27 bits per heavy atom. The first-order valence-corrected chi connectivity index (χ1v) is 8.55. The molecule has 7 nitrogen and oxygen atoms in total. The van der Waals surface area contributed by atoms with Crippen molar-refractivity contribution in [2.45, 2.75) is 0 Å². The van der Waals surface area contributed by atoms with E-state index in [1.54, 1.807) is 24.3 Å². The summed E-state index contributed by atoms with van der Waals surface area (Å²) in [6.07, 6.45) is 1.37. The van der Waals surface area contributed by atoms with Gasteiger partial charge in [-0.2, -0.15) is 0 Å². The minimum Gasteiger partial charge on any atom is -0.328 e. The maximum Gasteiger partial charge on any atom is 0.257 e. The third-order valence-electron chi connectivity index (χ3n) is 4.47. The van der Waals surface area contributed by atoms with Crippen molar-refractivity contribution in [1.82, 2.24) is 14.8 Å². The van der Waals surface area contributed by atoms with Crippen molar-refractivity contribution in [2.75, 3.05) is 45.1 Å². The fourth-order valence-electron chi connectivity index (χ4n) is 2.79. The minimum absolute atomic E-state index is 0.0769. The average Bonchev–Trinajstić information content (AvgIpc) is 2.64. The molecule has 1 aliphatic heterocycles. The molecular weight excluding hydrogens is 332 g/mol. The van der Waals surface area contributed by atoms with Gasteiger partial charge in [0.05, 0.1) is 12.1 Å². The van der Waals surface area contributed by atoms with E-state index in [4.69, 9.17) is 0 Å². The van der Waals surface area contributed by atoms with Crippen molar-refractivity contribution < 1.29 is 9.59 Å². The van der Waals surface area contributed by atoms with E-state index < -0.39 is 0 Å². The Kier molecular flexibility index (Phi) is 5.60. The molecule has 0 unspecified atom stereocenters. The summed E-state index contributed by atoms with van der Waals surface area (Å²) in [6.45, 7) is 4.16. The van der Waals surface area contributed by atoms with Crippen LogP contribution < -0.4 is 10.9 Å². The van der Waals surface area contributed by atoms with Crippen molar-refractivity contribution in [1.29, 1.82) is 0 Å². The Bertz CT molecular complexity index is 816. The number of hydrogen-bond donors (Lipinski definition) is 2. The van der Waals surface area contributed by atoms with Gasteiger partial charge in [0.2, 0.25) is 5.56 Å². The highest BCUT2D eigenvalue weighted by Crippen LogP contribution is 2.12. The van der Waals surface area contributed by atoms with Gasteiger partial charge in [-0.15, -0.1) is 0 Å². The van der Waals surface area contributed by atoms with Crippen LogP contribution in [-0.2, 0) is 0 Å². The zero-order chi connectivity index (χ0) is 18.5. The lowest BCUT2D eigenvalue weighted by Gasteiger charge is -2.31. The number of nitrogens with one attached hydrogen (secondary N) is 2. The van der Waals surface area contributed by atoms with E-state index in [-0.39, 0.29) is 17.2 Å². The molecule has 0 saturated carbocycles. The lowest BCUT2D eigenvalue weighted by Crippen LogP contribution is -2.46. The molecule has 0 aliphatic carbocycles. The number of Topliss-reactive ketones (excluding diaryl/α,β-unsaturated/α-hetero) is 1. The van der Waals surface area contributed by atoms with Crippen LogP contribution in [0.25, 0.3) is 0 Å². The van der Waals surface area contributed by atoms with Gasteiger partial charge in [-0.25, -0.2) is 0 Å². The molecule has 0 atom stereocenters. The number of carbonyl (C=O) groups excluding carboxylic acids is 2. The molecule has 136 valence electrons. The number of likely N-dealkylation sites (N-methyl/N-ethyl adjacent to an activating group) is 1. The summed E-state index contributed by atoms with van der Waals surface area (Å²) < 4.78 is 0. The standard InChI is InChI=1S/C19H22N4O3/c1-22-8-10-23(11-9-22)13-17(24)14-2-5-16(6-3-14)21-19(26)15-4-7-18(25)20-12-15/h2-7,12H,8-11,13H2,1H3,(H,20,25)(H,21,26). The van der Waals surface area contributed by atoms with Crippen LogP contribution in [0.3, 0.4) is 0 Å². The highest BCUT2D eigenvalue weighted by Gasteiger charge is 2.17. The molecule has 2 N–H and O–H groups in total. The molecule has 1 fully saturated rings. The predicted molar refractivity (Wildman–Crippen MR) is 99.7 cm³/mol. The largest absolute Gasteiger partial charge is 0.328 e. The molecule has 26 heavy (non-hydrogen) atoms. The first-order valence-electron chi connectivity index (χ1n) is 8.55. The maximum atomic E-state index is 12.4. The number of piperazine rings is 1. The van der Waals surface area contributed by atoms with Gasteiger partial charge in [-0.3, -0.25) is 19.3 Å². The number of anilines is 1. The summed E-state index contributed by atoms with van der Waals surface area (Å²) in [5.74, 6) is -0.245. The Morgan fingerprint density at radius 2 is 1.65 bits per heavy atom. The third kappa shape index (κ3) is 4.65. The van der Waals surface area contributed by atoms with Crippen molar-refractivity contribution in [3.8, 4) is 0 Å². The quantitative estimate of drug-likeness (QED) is 0.784. The van der Waals surface area contributed by atoms with E-state index in [1.807, 2.05) is 0 Å². The summed E-state index contributed by atoms with van der Waals surface area (Å²) >= 11 is 0. The van der Waals surface area contributed by atoms with E-state index in [1.165, 1.54) is 18.3 Å². The normalized spacial score (nSPS) is 15.6. The Labute approximate surface area is 151 Å². The van der Waals surface area contributed by atoms with Crippen LogP contribution in [-0.4, -0.2) is 66.2 Å². The first-order chi connectivity index (χ1) is 12.5. The molecule has 7 heteroatoms. The lowest BCUT2D eigenvalue weighted by molar-refractivity contribution is 0.0876. The van der Waals surface area contributed by atoms with Crippen molar-refractivity contribution >= 4 is 17.4 Å². The molecule has 2 heterocycles. The Balaban J connectivity index is 1.57. The molecule has 0 radical (unpaired) electrons. The van der Waals surface area contributed by atoms with Crippen molar-refractivity contribution in [2.24, 2.45) is 0 Å². The Morgan fingerprint density at radius 1 is 1.00 bits per heavy atom. The lowest BCUT2D eigenvalue weighted by atomic mass is 10.1. The summed E-state index contributed by atoms with van der Waals surface area (Å²) in [4.78, 5) is 42.4. The summed E-state index contributed by atoms with van der Waals surface area (Å²) in [6, 6.07) is 9.63. The third-order valence-corrected chi connectivity index (χ3v) is 4.47. The number of H-pyrrole nitrogens is 1. The molecule has 1 amide bonds. The first kappa shape index (κ1) is 18.0. The monoisotopic (exact) mass is 354 g/mol. The predicted octanol–water partition coefficient (Wildman–Crippen LogP) is 1.06. The van der Waals surface area contributed by atoms with E-state index in [0.29, 0.717) is 23.4 Å². The molecular formula is C19H22N4O3. The highest BCUT2D eigenvalue weighted by atomic mass is 16.2. The molecule has 1 aliphatic rings. The summed E-state index contributed by atoms with van der Waals surface area (Å²) in [5, 5.41) is 2.74. The van der Waals surface area contributed by atoms with E-state index in [0.717, 1.165) is 26.2 Å². The van der Waals surface area contributed by atoms with E-state index in [2.05, 4.69) is 27.1 Å². The number of nitrogens with zero attached hydrogens (tertiary/aromatic N) is 2. The number of carbonyl (C=O) groups is 2. The topological polar surface area (TPSA) is 85.5 Å². The number of amides is 1.